The Hall–Kier alpha value is -4.18. The molecule has 0 fully saturated rings. The Balaban J connectivity index is 1.40. The minimum atomic E-state index is -0.733. The van der Waals surface area contributed by atoms with E-state index in [-0.39, 0.29) is 5.69 Å². The smallest absolute Gasteiger partial charge is 0.308 e. The predicted octanol–water partition coefficient (Wildman–Crippen LogP) is 5.44. The molecule has 2 amide bonds. The zero-order valence-corrected chi connectivity index (χ0v) is 17.1. The number of urea groups is 1. The Morgan fingerprint density at radius 3 is 2.69 bits per heavy atom. The number of carbonyl (C=O) groups excluding carboxylic acids is 1. The number of carbonyl (C=O) groups is 1. The molecule has 0 radical (unpaired) electrons. The summed E-state index contributed by atoms with van der Waals surface area (Å²) in [5.74, 6) is -0.744. The zero-order valence-electron chi connectivity index (χ0n) is 16.3. The third-order valence-electron chi connectivity index (χ3n) is 4.60. The molecular weight excluding hydrogens is 434 g/mol. The van der Waals surface area contributed by atoms with Gasteiger partial charge in [0, 0.05) is 17.3 Å². The molecule has 5 aromatic rings. The number of nitrogens with zero attached hydrogens (tertiary/aromatic N) is 4. The maximum atomic E-state index is 13.8. The molecule has 3 aromatic heterocycles. The van der Waals surface area contributed by atoms with Crippen LogP contribution in [0.4, 0.5) is 25.0 Å². The lowest BCUT2D eigenvalue weighted by Crippen LogP contribution is -2.20. The summed E-state index contributed by atoms with van der Waals surface area (Å²) < 4.78 is 28.7. The summed E-state index contributed by atoms with van der Waals surface area (Å²) in [6, 6.07) is 16.6. The maximum absolute atomic E-state index is 13.8. The molecule has 2 N–H and O–H groups in total. The van der Waals surface area contributed by atoms with Gasteiger partial charge >= 0.3 is 6.03 Å². The summed E-state index contributed by atoms with van der Waals surface area (Å²) in [6.45, 7) is 0. The molecule has 0 saturated carbocycles. The van der Waals surface area contributed by atoms with Crippen LogP contribution < -0.4 is 10.6 Å². The van der Waals surface area contributed by atoms with Crippen molar-refractivity contribution in [1.82, 2.24) is 19.8 Å². The number of fused-ring (bicyclic) bond motifs is 1. The molecule has 2 aromatic carbocycles. The van der Waals surface area contributed by atoms with Crippen molar-refractivity contribution in [2.45, 2.75) is 0 Å². The Morgan fingerprint density at radius 1 is 0.938 bits per heavy atom. The van der Waals surface area contributed by atoms with Crippen molar-refractivity contribution < 1.29 is 13.6 Å². The van der Waals surface area contributed by atoms with Crippen LogP contribution in [0.1, 0.15) is 0 Å². The van der Waals surface area contributed by atoms with Crippen LogP contribution in [-0.4, -0.2) is 25.8 Å². The van der Waals surface area contributed by atoms with Crippen LogP contribution in [0.25, 0.3) is 27.6 Å². The topological polar surface area (TPSA) is 84.2 Å². The van der Waals surface area contributed by atoms with E-state index >= 15 is 0 Å². The molecular formula is C22H14F2N6OS. The lowest BCUT2D eigenvalue weighted by atomic mass is 10.1. The van der Waals surface area contributed by atoms with E-state index in [0.717, 1.165) is 28.6 Å². The summed E-state index contributed by atoms with van der Waals surface area (Å²) >= 11 is 1.54. The van der Waals surface area contributed by atoms with Crippen LogP contribution in [0, 0.1) is 11.6 Å². The summed E-state index contributed by atoms with van der Waals surface area (Å²) in [5.41, 5.74) is 2.21. The van der Waals surface area contributed by atoms with Crippen LogP contribution in [-0.2, 0) is 0 Å². The highest BCUT2D eigenvalue weighted by atomic mass is 32.1. The van der Waals surface area contributed by atoms with E-state index in [1.807, 2.05) is 35.7 Å². The molecule has 0 aliphatic rings. The number of thiophene rings is 1. The monoisotopic (exact) mass is 448 g/mol. The van der Waals surface area contributed by atoms with Gasteiger partial charge < -0.3 is 10.6 Å². The average molecular weight is 448 g/mol. The van der Waals surface area contributed by atoms with Gasteiger partial charge in [-0.3, -0.25) is 0 Å². The van der Waals surface area contributed by atoms with E-state index < -0.39 is 17.7 Å². The van der Waals surface area contributed by atoms with Gasteiger partial charge in [0.05, 0.1) is 16.3 Å². The van der Waals surface area contributed by atoms with Gasteiger partial charge in [0.15, 0.2) is 11.5 Å². The summed E-state index contributed by atoms with van der Waals surface area (Å²) in [5, 5.41) is 19.9. The molecule has 0 atom stereocenters. The molecule has 158 valence electrons. The number of benzene rings is 2. The Kier molecular flexibility index (Phi) is 5.04. The first-order chi connectivity index (χ1) is 15.6. The second-order valence-corrected chi connectivity index (χ2v) is 7.72. The molecule has 0 aliphatic carbocycles. The highest BCUT2D eigenvalue weighted by Gasteiger charge is 2.13. The lowest BCUT2D eigenvalue weighted by Gasteiger charge is -2.10. The second-order valence-electron chi connectivity index (χ2n) is 6.77. The first-order valence-corrected chi connectivity index (χ1v) is 10.3. The van der Waals surface area contributed by atoms with Crippen LogP contribution in [0.5, 0.6) is 0 Å². The van der Waals surface area contributed by atoms with Crippen LogP contribution in [0.15, 0.2) is 72.1 Å². The maximum Gasteiger partial charge on any atom is 0.323 e. The number of hydrogen-bond acceptors (Lipinski definition) is 5. The molecule has 7 nitrogen and oxygen atoms in total. The van der Waals surface area contributed by atoms with E-state index in [0.29, 0.717) is 22.9 Å². The van der Waals surface area contributed by atoms with E-state index in [4.69, 9.17) is 0 Å². The number of anilines is 2. The predicted molar refractivity (Wildman–Crippen MR) is 119 cm³/mol. The van der Waals surface area contributed by atoms with Crippen molar-refractivity contribution in [2.24, 2.45) is 0 Å². The number of nitrogens with one attached hydrogen (secondary N) is 2. The molecule has 0 saturated heterocycles. The van der Waals surface area contributed by atoms with E-state index in [2.05, 4.69) is 25.9 Å². The molecule has 10 heteroatoms. The van der Waals surface area contributed by atoms with Gasteiger partial charge in [-0.05, 0) is 47.8 Å². The second kappa shape index (κ2) is 8.16. The molecule has 5 rings (SSSR count). The van der Waals surface area contributed by atoms with Crippen molar-refractivity contribution in [3.05, 3.63) is 83.7 Å². The summed E-state index contributed by atoms with van der Waals surface area (Å²) in [4.78, 5) is 13.2. The van der Waals surface area contributed by atoms with Gasteiger partial charge in [0.2, 0.25) is 0 Å². The largest absolute Gasteiger partial charge is 0.323 e. The fourth-order valence-corrected chi connectivity index (χ4v) is 3.83. The van der Waals surface area contributed by atoms with Gasteiger partial charge in [0.1, 0.15) is 11.6 Å². The van der Waals surface area contributed by atoms with E-state index in [1.54, 1.807) is 34.1 Å². The molecule has 0 bridgehead atoms. The quantitative estimate of drug-likeness (QED) is 0.383. The van der Waals surface area contributed by atoms with Crippen molar-refractivity contribution in [1.29, 1.82) is 0 Å². The Bertz CT molecular complexity index is 1430. The highest BCUT2D eigenvalue weighted by molar-refractivity contribution is 7.13. The van der Waals surface area contributed by atoms with Gasteiger partial charge in [-0.2, -0.15) is 9.61 Å². The molecule has 0 aliphatic heterocycles. The van der Waals surface area contributed by atoms with Crippen LogP contribution >= 0.6 is 11.3 Å². The van der Waals surface area contributed by atoms with Gasteiger partial charge in [-0.25, -0.2) is 13.6 Å². The first kappa shape index (κ1) is 19.8. The highest BCUT2D eigenvalue weighted by Crippen LogP contribution is 2.26. The SMILES string of the molecule is O=C(Nc1cccc(-c2ccc3nnc(-c4cccs4)n3n2)c1)Nc1cc(F)ccc1F. The Labute approximate surface area is 184 Å². The first-order valence-electron chi connectivity index (χ1n) is 9.47. The fourth-order valence-electron chi connectivity index (χ4n) is 3.14. The third kappa shape index (κ3) is 3.91. The Morgan fingerprint density at radius 2 is 1.84 bits per heavy atom. The minimum Gasteiger partial charge on any atom is -0.308 e. The van der Waals surface area contributed by atoms with Crippen LogP contribution in [0.3, 0.4) is 0 Å². The number of halogens is 2. The van der Waals surface area contributed by atoms with Gasteiger partial charge in [-0.15, -0.1) is 21.5 Å². The molecule has 32 heavy (non-hydrogen) atoms. The van der Waals surface area contributed by atoms with Crippen molar-refractivity contribution >= 4 is 34.4 Å². The lowest BCUT2D eigenvalue weighted by molar-refractivity contribution is 0.262. The number of rotatable bonds is 4. The fraction of sp³-hybridized carbons (Fsp3) is 0. The third-order valence-corrected chi connectivity index (χ3v) is 5.46. The minimum absolute atomic E-state index is 0.250. The standard InChI is InChI=1S/C22H14F2N6OS/c23-14-6-7-16(24)18(12-14)26-22(31)25-15-4-1-3-13(11-15)17-8-9-20-27-28-21(30(20)29-17)19-5-2-10-32-19/h1-12H,(H2,25,26,31). The number of hydrogen-bond donors (Lipinski definition) is 2. The molecule has 3 heterocycles. The van der Waals surface area contributed by atoms with Crippen LogP contribution in [0.2, 0.25) is 0 Å². The number of aromatic nitrogens is 4. The van der Waals surface area contributed by atoms with Crippen molar-refractivity contribution in [2.75, 3.05) is 10.6 Å². The molecule has 0 spiro atoms. The number of amides is 2. The van der Waals surface area contributed by atoms with Crippen molar-refractivity contribution in [3.63, 3.8) is 0 Å². The molecule has 0 unspecified atom stereocenters. The summed E-state index contributed by atoms with van der Waals surface area (Å²) in [6.07, 6.45) is 0. The van der Waals surface area contributed by atoms with Gasteiger partial charge in [-0.1, -0.05) is 18.2 Å². The van der Waals surface area contributed by atoms with Crippen molar-refractivity contribution in [3.8, 4) is 22.0 Å². The van der Waals surface area contributed by atoms with E-state index in [9.17, 15) is 13.6 Å². The van der Waals surface area contributed by atoms with E-state index in [1.165, 1.54) is 0 Å². The zero-order chi connectivity index (χ0) is 22.1. The summed E-state index contributed by atoms with van der Waals surface area (Å²) in [7, 11) is 0. The van der Waals surface area contributed by atoms with Gasteiger partial charge in [0.25, 0.3) is 0 Å². The average Bonchev–Trinajstić information content (AvgIpc) is 3.45. The normalized spacial score (nSPS) is 10.9.